The molecule has 0 aliphatic heterocycles. The Labute approximate surface area is 179 Å². The molecule has 164 valence electrons. The van der Waals surface area contributed by atoms with E-state index < -0.39 is 0 Å². The van der Waals surface area contributed by atoms with E-state index in [9.17, 15) is 9.59 Å². The summed E-state index contributed by atoms with van der Waals surface area (Å²) in [7, 11) is 1.71. The van der Waals surface area contributed by atoms with Crippen molar-refractivity contribution < 1.29 is 19.1 Å². The molecule has 2 aromatic rings. The van der Waals surface area contributed by atoms with E-state index >= 15 is 0 Å². The lowest BCUT2D eigenvalue weighted by Crippen LogP contribution is -2.39. The van der Waals surface area contributed by atoms with E-state index in [0.717, 1.165) is 23.4 Å². The van der Waals surface area contributed by atoms with Gasteiger partial charge < -0.3 is 9.47 Å². The number of benzene rings is 1. The molecule has 0 bridgehead atoms. The van der Waals surface area contributed by atoms with Crippen LogP contribution in [0.2, 0.25) is 0 Å². The first-order valence-corrected chi connectivity index (χ1v) is 10.4. The molecule has 0 aliphatic rings. The van der Waals surface area contributed by atoms with E-state index in [1.54, 1.807) is 13.1 Å². The first kappa shape index (κ1) is 23.6. The van der Waals surface area contributed by atoms with Crippen LogP contribution in [0.25, 0.3) is 0 Å². The summed E-state index contributed by atoms with van der Waals surface area (Å²) in [6.45, 7) is 11.2. The maximum Gasteiger partial charge on any atom is 0.278 e. The predicted molar refractivity (Wildman–Crippen MR) is 116 cm³/mol. The number of carbonyl (C=O) groups excluding carboxylic acids is 2. The molecule has 2 rings (SSSR count). The maximum atomic E-state index is 12.9. The van der Waals surface area contributed by atoms with E-state index in [2.05, 4.69) is 11.2 Å². The number of aryl methyl sites for hydroxylation is 2. The Hall–Kier alpha value is -2.67. The topological polar surface area (TPSA) is 73.7 Å². The van der Waals surface area contributed by atoms with Gasteiger partial charge in [0.15, 0.2) is 0 Å². The Morgan fingerprint density at radius 2 is 1.93 bits per heavy atom. The standard InChI is InChI=1S/C23H33N3O4/c1-7-29-12-10-19-8-9-22(17(4)14-19)30-13-11-26(18(5)27)23(28)21-15-20(16(2)3)24-25(21)6/h8-9,14-16H,7,10-13H2,1-6H3. The molecule has 7 heteroatoms. The average Bonchev–Trinajstić information content (AvgIpc) is 3.08. The molecule has 30 heavy (non-hydrogen) atoms. The van der Waals surface area contributed by atoms with Crippen molar-refractivity contribution in [2.75, 3.05) is 26.4 Å². The number of hydrogen-bond donors (Lipinski definition) is 0. The van der Waals surface area contributed by atoms with Crippen LogP contribution in [0.3, 0.4) is 0 Å². The van der Waals surface area contributed by atoms with Gasteiger partial charge in [-0.15, -0.1) is 0 Å². The van der Waals surface area contributed by atoms with Crippen molar-refractivity contribution in [2.24, 2.45) is 7.05 Å². The predicted octanol–water partition coefficient (Wildman–Crippen LogP) is 3.50. The molecule has 1 aromatic carbocycles. The molecule has 0 unspecified atom stereocenters. The number of imide groups is 1. The van der Waals surface area contributed by atoms with Crippen LogP contribution in [0.5, 0.6) is 5.75 Å². The molecular formula is C23H33N3O4. The molecule has 1 aromatic heterocycles. The van der Waals surface area contributed by atoms with Crippen molar-refractivity contribution in [1.82, 2.24) is 14.7 Å². The van der Waals surface area contributed by atoms with Crippen LogP contribution in [0.4, 0.5) is 0 Å². The molecule has 0 atom stereocenters. The molecule has 0 radical (unpaired) electrons. The van der Waals surface area contributed by atoms with Gasteiger partial charge in [-0.25, -0.2) is 0 Å². The first-order valence-electron chi connectivity index (χ1n) is 10.4. The molecule has 1 heterocycles. The van der Waals surface area contributed by atoms with Gasteiger partial charge in [0.05, 0.1) is 18.8 Å². The third-order valence-corrected chi connectivity index (χ3v) is 4.89. The third kappa shape index (κ3) is 6.16. The van der Waals surface area contributed by atoms with Crippen molar-refractivity contribution in [3.05, 3.63) is 46.8 Å². The van der Waals surface area contributed by atoms with Crippen molar-refractivity contribution in [3.63, 3.8) is 0 Å². The Balaban J connectivity index is 2.00. The number of amides is 2. The number of aromatic nitrogens is 2. The quantitative estimate of drug-likeness (QED) is 0.555. The maximum absolute atomic E-state index is 12.9. The van der Waals surface area contributed by atoms with E-state index in [1.165, 1.54) is 22.1 Å². The summed E-state index contributed by atoms with van der Waals surface area (Å²) in [5.74, 6) is 0.259. The fourth-order valence-corrected chi connectivity index (χ4v) is 3.12. The molecule has 7 nitrogen and oxygen atoms in total. The fraction of sp³-hybridized carbons (Fsp3) is 0.522. The lowest BCUT2D eigenvalue weighted by molar-refractivity contribution is -0.126. The Morgan fingerprint density at radius 3 is 2.50 bits per heavy atom. The summed E-state index contributed by atoms with van der Waals surface area (Å²) in [5.41, 5.74) is 3.41. The highest BCUT2D eigenvalue weighted by molar-refractivity contribution is 6.03. The van der Waals surface area contributed by atoms with Crippen LogP contribution in [0.15, 0.2) is 24.3 Å². The van der Waals surface area contributed by atoms with Gasteiger partial charge in [0.1, 0.15) is 18.1 Å². The highest BCUT2D eigenvalue weighted by Gasteiger charge is 2.24. The molecule has 0 spiro atoms. The summed E-state index contributed by atoms with van der Waals surface area (Å²) in [4.78, 5) is 26.2. The largest absolute Gasteiger partial charge is 0.491 e. The van der Waals surface area contributed by atoms with Gasteiger partial charge >= 0.3 is 0 Å². The van der Waals surface area contributed by atoms with E-state index in [1.807, 2.05) is 39.8 Å². The molecule has 0 N–H and O–H groups in total. The van der Waals surface area contributed by atoms with Crippen LogP contribution >= 0.6 is 0 Å². The fourth-order valence-electron chi connectivity index (χ4n) is 3.12. The number of nitrogens with zero attached hydrogens (tertiary/aromatic N) is 3. The lowest BCUT2D eigenvalue weighted by atomic mass is 10.1. The highest BCUT2D eigenvalue weighted by atomic mass is 16.5. The van der Waals surface area contributed by atoms with Crippen LogP contribution in [-0.4, -0.2) is 52.9 Å². The minimum atomic E-state index is -0.365. The minimum Gasteiger partial charge on any atom is -0.491 e. The molecule has 0 saturated heterocycles. The molecule has 0 saturated carbocycles. The van der Waals surface area contributed by atoms with Crippen molar-refractivity contribution in [1.29, 1.82) is 0 Å². The molecule has 0 aliphatic carbocycles. The van der Waals surface area contributed by atoms with E-state index in [-0.39, 0.29) is 30.9 Å². The van der Waals surface area contributed by atoms with E-state index in [0.29, 0.717) is 18.9 Å². The number of hydrogen-bond acceptors (Lipinski definition) is 5. The smallest absolute Gasteiger partial charge is 0.278 e. The number of carbonyl (C=O) groups is 2. The van der Waals surface area contributed by atoms with Crippen LogP contribution in [-0.2, 0) is 23.0 Å². The van der Waals surface area contributed by atoms with Gasteiger partial charge in [0.2, 0.25) is 5.91 Å². The van der Waals surface area contributed by atoms with Gasteiger partial charge in [0, 0.05) is 20.6 Å². The zero-order valence-corrected chi connectivity index (χ0v) is 18.9. The van der Waals surface area contributed by atoms with Crippen molar-refractivity contribution >= 4 is 11.8 Å². The summed E-state index contributed by atoms with van der Waals surface area (Å²) in [6.07, 6.45) is 0.852. The first-order chi connectivity index (χ1) is 14.2. The van der Waals surface area contributed by atoms with Crippen LogP contribution < -0.4 is 4.74 Å². The van der Waals surface area contributed by atoms with Gasteiger partial charge in [-0.05, 0) is 49.4 Å². The second-order valence-electron chi connectivity index (χ2n) is 7.60. The zero-order chi connectivity index (χ0) is 22.3. The van der Waals surface area contributed by atoms with E-state index in [4.69, 9.17) is 9.47 Å². The minimum absolute atomic E-state index is 0.169. The summed E-state index contributed by atoms with van der Waals surface area (Å²) >= 11 is 0. The van der Waals surface area contributed by atoms with Crippen molar-refractivity contribution in [2.45, 2.75) is 47.0 Å². The van der Waals surface area contributed by atoms with Gasteiger partial charge in [-0.3, -0.25) is 19.2 Å². The second kappa shape index (κ2) is 10.9. The summed E-state index contributed by atoms with van der Waals surface area (Å²) < 4.78 is 12.8. The number of ether oxygens (including phenoxy) is 2. The Kier molecular flexibility index (Phi) is 8.59. The molecule has 2 amide bonds. The highest BCUT2D eigenvalue weighted by Crippen LogP contribution is 2.20. The summed E-state index contributed by atoms with van der Waals surface area (Å²) in [6, 6.07) is 7.76. The van der Waals surface area contributed by atoms with Crippen LogP contribution in [0.1, 0.15) is 60.9 Å². The van der Waals surface area contributed by atoms with Gasteiger partial charge in [-0.2, -0.15) is 5.10 Å². The van der Waals surface area contributed by atoms with Crippen LogP contribution in [0, 0.1) is 6.92 Å². The Bertz CT molecular complexity index is 873. The molecular weight excluding hydrogens is 382 g/mol. The third-order valence-electron chi connectivity index (χ3n) is 4.89. The summed E-state index contributed by atoms with van der Waals surface area (Å²) in [5, 5.41) is 4.36. The van der Waals surface area contributed by atoms with Gasteiger partial charge in [0.25, 0.3) is 5.91 Å². The van der Waals surface area contributed by atoms with Crippen molar-refractivity contribution in [3.8, 4) is 5.75 Å². The normalized spacial score (nSPS) is 11.0. The SMILES string of the molecule is CCOCCc1ccc(OCCN(C(C)=O)C(=O)c2cc(C(C)C)nn2C)c(C)c1. The Morgan fingerprint density at radius 1 is 1.20 bits per heavy atom. The number of rotatable bonds is 10. The molecule has 0 fully saturated rings. The second-order valence-corrected chi connectivity index (χ2v) is 7.60. The van der Waals surface area contributed by atoms with Gasteiger partial charge in [-0.1, -0.05) is 26.0 Å². The average molecular weight is 416 g/mol. The lowest BCUT2D eigenvalue weighted by Gasteiger charge is -2.20. The monoisotopic (exact) mass is 415 g/mol. The zero-order valence-electron chi connectivity index (χ0n) is 18.9.